The van der Waals surface area contributed by atoms with E-state index in [1.54, 1.807) is 34.8 Å². The summed E-state index contributed by atoms with van der Waals surface area (Å²) in [7, 11) is 3.59. The second kappa shape index (κ2) is 4.22. The summed E-state index contributed by atoms with van der Waals surface area (Å²) in [6, 6.07) is 3.82. The van der Waals surface area contributed by atoms with Crippen LogP contribution in [0.1, 0.15) is 5.69 Å². The average molecular weight is 218 g/mol. The zero-order valence-corrected chi connectivity index (χ0v) is 9.34. The molecule has 2 aromatic rings. The number of rotatable bonds is 3. The Bertz CT molecular complexity index is 541. The third kappa shape index (κ3) is 1.98. The Balaban J connectivity index is 2.27. The summed E-state index contributed by atoms with van der Waals surface area (Å²) >= 11 is 0. The van der Waals surface area contributed by atoms with Gasteiger partial charge < -0.3 is 9.88 Å². The van der Waals surface area contributed by atoms with Gasteiger partial charge in [0.1, 0.15) is 0 Å². The first-order chi connectivity index (χ1) is 7.70. The number of hydrogen-bond donors (Lipinski definition) is 1. The Kier molecular flexibility index (Phi) is 2.76. The molecule has 2 aromatic heterocycles. The number of pyridine rings is 1. The summed E-state index contributed by atoms with van der Waals surface area (Å²) in [5.41, 5.74) is 1.82. The lowest BCUT2D eigenvalue weighted by Crippen LogP contribution is -2.22. The third-order valence-corrected chi connectivity index (χ3v) is 2.46. The third-order valence-electron chi connectivity index (χ3n) is 2.46. The van der Waals surface area contributed by atoms with Crippen LogP contribution in [0.2, 0.25) is 0 Å². The minimum Gasteiger partial charge on any atom is -0.388 e. The largest absolute Gasteiger partial charge is 0.388 e. The maximum Gasteiger partial charge on any atom is 0.328 e. The fourth-order valence-electron chi connectivity index (χ4n) is 1.53. The van der Waals surface area contributed by atoms with Crippen LogP contribution in [0.4, 0.5) is 5.69 Å². The number of anilines is 1. The van der Waals surface area contributed by atoms with Gasteiger partial charge in [0.05, 0.1) is 12.2 Å². The molecule has 2 rings (SSSR count). The maximum absolute atomic E-state index is 11.6. The van der Waals surface area contributed by atoms with Crippen LogP contribution in [0, 0.1) is 0 Å². The van der Waals surface area contributed by atoms with Gasteiger partial charge in [0.25, 0.3) is 0 Å². The first-order valence-corrected chi connectivity index (χ1v) is 5.05. The predicted molar refractivity (Wildman–Crippen MR) is 62.6 cm³/mol. The summed E-state index contributed by atoms with van der Waals surface area (Å²) in [4.78, 5) is 15.8. The molecule has 5 nitrogen and oxygen atoms in total. The van der Waals surface area contributed by atoms with Gasteiger partial charge in [-0.05, 0) is 12.1 Å². The smallest absolute Gasteiger partial charge is 0.328 e. The van der Waals surface area contributed by atoms with Gasteiger partial charge in [-0.3, -0.25) is 9.55 Å². The number of imidazole rings is 1. The van der Waals surface area contributed by atoms with Crippen molar-refractivity contribution in [1.82, 2.24) is 14.1 Å². The zero-order valence-electron chi connectivity index (χ0n) is 9.34. The lowest BCUT2D eigenvalue weighted by molar-refractivity contribution is 0.705. The monoisotopic (exact) mass is 218 g/mol. The molecule has 0 saturated heterocycles. The van der Waals surface area contributed by atoms with E-state index in [-0.39, 0.29) is 5.69 Å². The normalized spacial score (nSPS) is 10.4. The van der Waals surface area contributed by atoms with Gasteiger partial charge in [-0.15, -0.1) is 0 Å². The highest BCUT2D eigenvalue weighted by Crippen LogP contribution is 2.07. The van der Waals surface area contributed by atoms with Crippen molar-refractivity contribution in [1.29, 1.82) is 0 Å². The Morgan fingerprint density at radius 1 is 1.44 bits per heavy atom. The van der Waals surface area contributed by atoms with Crippen LogP contribution in [0.5, 0.6) is 0 Å². The molecule has 0 radical (unpaired) electrons. The molecule has 0 aliphatic carbocycles. The van der Waals surface area contributed by atoms with E-state index in [1.165, 1.54) is 0 Å². The molecule has 0 atom stereocenters. The highest BCUT2D eigenvalue weighted by atomic mass is 16.1. The van der Waals surface area contributed by atoms with Gasteiger partial charge >= 0.3 is 5.69 Å². The quantitative estimate of drug-likeness (QED) is 0.824. The van der Waals surface area contributed by atoms with E-state index in [9.17, 15) is 4.79 Å². The molecule has 1 N–H and O–H groups in total. The average Bonchev–Trinajstić information content (AvgIpc) is 2.61. The minimum absolute atomic E-state index is 0.0309. The fraction of sp³-hybridized carbons (Fsp3) is 0.273. The van der Waals surface area contributed by atoms with Crippen LogP contribution in [0.3, 0.4) is 0 Å². The van der Waals surface area contributed by atoms with E-state index in [1.807, 2.05) is 19.2 Å². The van der Waals surface area contributed by atoms with Crippen molar-refractivity contribution < 1.29 is 0 Å². The van der Waals surface area contributed by atoms with E-state index in [2.05, 4.69) is 10.3 Å². The van der Waals surface area contributed by atoms with Crippen molar-refractivity contribution in [2.75, 3.05) is 12.4 Å². The summed E-state index contributed by atoms with van der Waals surface area (Å²) < 4.78 is 3.17. The molecule has 0 aliphatic heterocycles. The lowest BCUT2D eigenvalue weighted by Gasteiger charge is -2.04. The first-order valence-electron chi connectivity index (χ1n) is 5.05. The fourth-order valence-corrected chi connectivity index (χ4v) is 1.53. The van der Waals surface area contributed by atoms with Gasteiger partial charge in [0, 0.05) is 38.4 Å². The maximum atomic E-state index is 11.6. The number of aromatic nitrogens is 3. The van der Waals surface area contributed by atoms with Crippen molar-refractivity contribution in [3.8, 4) is 0 Å². The Hall–Kier alpha value is -2.04. The van der Waals surface area contributed by atoms with Crippen molar-refractivity contribution in [3.63, 3.8) is 0 Å². The van der Waals surface area contributed by atoms with Crippen molar-refractivity contribution in [2.45, 2.75) is 6.54 Å². The predicted octanol–water partition coefficient (Wildman–Crippen LogP) is 0.672. The molecule has 0 fully saturated rings. The van der Waals surface area contributed by atoms with Crippen molar-refractivity contribution in [3.05, 3.63) is 46.9 Å². The first kappa shape index (κ1) is 10.5. The van der Waals surface area contributed by atoms with E-state index in [0.717, 1.165) is 11.4 Å². The lowest BCUT2D eigenvalue weighted by atomic mass is 10.3. The van der Waals surface area contributed by atoms with Crippen molar-refractivity contribution >= 4 is 5.69 Å². The van der Waals surface area contributed by atoms with E-state index in [0.29, 0.717) is 6.54 Å². The molecule has 0 aromatic carbocycles. The van der Waals surface area contributed by atoms with Gasteiger partial charge in [-0.25, -0.2) is 4.79 Å². The van der Waals surface area contributed by atoms with Gasteiger partial charge in [-0.1, -0.05) is 0 Å². The highest BCUT2D eigenvalue weighted by Gasteiger charge is 2.02. The molecule has 0 aliphatic rings. The van der Waals surface area contributed by atoms with Gasteiger partial charge in [0.2, 0.25) is 0 Å². The molecule has 0 unspecified atom stereocenters. The van der Waals surface area contributed by atoms with Crippen LogP contribution >= 0.6 is 0 Å². The van der Waals surface area contributed by atoms with E-state index < -0.39 is 0 Å². The molecule has 16 heavy (non-hydrogen) atoms. The van der Waals surface area contributed by atoms with Crippen molar-refractivity contribution in [2.24, 2.45) is 7.05 Å². The second-order valence-electron chi connectivity index (χ2n) is 3.61. The molecule has 0 saturated carbocycles. The standard InChI is InChI=1S/C11H14N4O/c1-12-9-3-4-13-10(7-9)8-15-6-5-14(2)11(15)16/h3-7H,8H2,1-2H3,(H,12,13). The minimum atomic E-state index is -0.0309. The van der Waals surface area contributed by atoms with Gasteiger partial charge in [-0.2, -0.15) is 0 Å². The van der Waals surface area contributed by atoms with Crippen LogP contribution in [0.25, 0.3) is 0 Å². The van der Waals surface area contributed by atoms with Crippen LogP contribution in [-0.2, 0) is 13.6 Å². The summed E-state index contributed by atoms with van der Waals surface area (Å²) in [5, 5.41) is 3.04. The molecular weight excluding hydrogens is 204 g/mol. The number of hydrogen-bond acceptors (Lipinski definition) is 3. The second-order valence-corrected chi connectivity index (χ2v) is 3.61. The highest BCUT2D eigenvalue weighted by molar-refractivity contribution is 5.42. The molecule has 84 valence electrons. The van der Waals surface area contributed by atoms with E-state index >= 15 is 0 Å². The molecular formula is C11H14N4O. The Labute approximate surface area is 93.4 Å². The van der Waals surface area contributed by atoms with Crippen LogP contribution < -0.4 is 11.0 Å². The van der Waals surface area contributed by atoms with Crippen LogP contribution in [0.15, 0.2) is 35.5 Å². The van der Waals surface area contributed by atoms with Crippen LogP contribution in [-0.4, -0.2) is 21.2 Å². The van der Waals surface area contributed by atoms with Gasteiger partial charge in [0.15, 0.2) is 0 Å². The summed E-state index contributed by atoms with van der Waals surface area (Å²) in [6.07, 6.45) is 5.23. The number of aryl methyl sites for hydroxylation is 1. The zero-order chi connectivity index (χ0) is 11.5. The number of nitrogens with zero attached hydrogens (tertiary/aromatic N) is 3. The van der Waals surface area contributed by atoms with E-state index in [4.69, 9.17) is 0 Å². The molecule has 0 spiro atoms. The molecule has 0 amide bonds. The number of nitrogens with one attached hydrogen (secondary N) is 1. The SMILES string of the molecule is CNc1ccnc(Cn2ccn(C)c2=O)c1. The molecule has 2 heterocycles. The Morgan fingerprint density at radius 2 is 2.25 bits per heavy atom. The topological polar surface area (TPSA) is 51.9 Å². The summed E-state index contributed by atoms with van der Waals surface area (Å²) in [6.45, 7) is 0.495. The Morgan fingerprint density at radius 3 is 2.88 bits per heavy atom. The summed E-state index contributed by atoms with van der Waals surface area (Å²) in [5.74, 6) is 0. The molecule has 5 heteroatoms. The molecule has 0 bridgehead atoms.